The Hall–Kier alpha value is -3.73. The third-order valence-corrected chi connectivity index (χ3v) is 4.62. The Labute approximate surface area is 163 Å². The molecule has 0 radical (unpaired) electrons. The van der Waals surface area contributed by atoms with Gasteiger partial charge in [-0.3, -0.25) is 4.79 Å². The zero-order valence-corrected chi connectivity index (χ0v) is 15.5. The van der Waals surface area contributed by atoms with Gasteiger partial charge in [-0.15, -0.1) is 0 Å². The lowest BCUT2D eigenvalue weighted by Gasteiger charge is -2.11. The predicted octanol–water partition coefficient (Wildman–Crippen LogP) is 4.42. The number of carbonyl (C=O) groups is 1. The maximum absolute atomic E-state index is 12.9. The molecule has 0 spiro atoms. The highest BCUT2D eigenvalue weighted by Gasteiger charge is 2.17. The summed E-state index contributed by atoms with van der Waals surface area (Å²) in [5.74, 6) is 0.503. The molecule has 0 fully saturated rings. The number of anilines is 1. The van der Waals surface area contributed by atoms with Crippen LogP contribution in [0.25, 0.3) is 5.82 Å². The molecule has 0 aliphatic carbocycles. The molecule has 0 unspecified atom stereocenters. The van der Waals surface area contributed by atoms with Gasteiger partial charge in [-0.2, -0.15) is 5.10 Å². The number of para-hydroxylation sites is 1. The Kier molecular flexibility index (Phi) is 4.97. The molecule has 2 heterocycles. The molecule has 0 atom stereocenters. The van der Waals surface area contributed by atoms with Crippen LogP contribution in [0.15, 0.2) is 85.2 Å². The number of pyridine rings is 1. The number of benzene rings is 2. The molecule has 0 saturated carbocycles. The molecule has 0 aliphatic heterocycles. The van der Waals surface area contributed by atoms with E-state index in [0.717, 1.165) is 23.4 Å². The molecule has 138 valence electrons. The molecule has 4 aromatic rings. The first kappa shape index (κ1) is 17.7. The number of hydrogen-bond donors (Lipinski definition) is 1. The third-order valence-electron chi connectivity index (χ3n) is 4.62. The lowest BCUT2D eigenvalue weighted by atomic mass is 10.0. The van der Waals surface area contributed by atoms with Crippen LogP contribution in [0.2, 0.25) is 0 Å². The van der Waals surface area contributed by atoms with Crippen LogP contribution in [0.4, 0.5) is 5.69 Å². The molecule has 2 aromatic heterocycles. The van der Waals surface area contributed by atoms with E-state index in [9.17, 15) is 4.79 Å². The van der Waals surface area contributed by atoms with E-state index in [1.165, 1.54) is 5.56 Å². The molecule has 0 bridgehead atoms. The monoisotopic (exact) mass is 368 g/mol. The Morgan fingerprint density at radius 2 is 1.71 bits per heavy atom. The van der Waals surface area contributed by atoms with E-state index in [4.69, 9.17) is 0 Å². The average Bonchev–Trinajstić information content (AvgIpc) is 3.12. The summed E-state index contributed by atoms with van der Waals surface area (Å²) < 4.78 is 1.67. The second kappa shape index (κ2) is 7.88. The summed E-state index contributed by atoms with van der Waals surface area (Å²) in [6.07, 6.45) is 4.04. The minimum absolute atomic E-state index is 0.180. The van der Waals surface area contributed by atoms with Gasteiger partial charge in [0.05, 0.1) is 17.5 Å². The van der Waals surface area contributed by atoms with Crippen LogP contribution in [0.5, 0.6) is 0 Å². The van der Waals surface area contributed by atoms with Crippen LogP contribution in [0.3, 0.4) is 0 Å². The normalized spacial score (nSPS) is 10.6. The van der Waals surface area contributed by atoms with E-state index < -0.39 is 0 Å². The first-order valence-electron chi connectivity index (χ1n) is 9.11. The minimum atomic E-state index is -0.180. The van der Waals surface area contributed by atoms with Crippen molar-refractivity contribution in [2.75, 3.05) is 5.32 Å². The van der Waals surface area contributed by atoms with E-state index in [1.54, 1.807) is 17.1 Å². The molecule has 1 N–H and O–H groups in total. The average molecular weight is 368 g/mol. The Bertz CT molecular complexity index is 1090. The summed E-state index contributed by atoms with van der Waals surface area (Å²) in [6.45, 7) is 1.87. The summed E-state index contributed by atoms with van der Waals surface area (Å²) in [5.41, 5.74) is 4.35. The van der Waals surface area contributed by atoms with Gasteiger partial charge in [0.15, 0.2) is 5.82 Å². The Morgan fingerprint density at radius 1 is 0.964 bits per heavy atom. The maximum atomic E-state index is 12.9. The van der Waals surface area contributed by atoms with E-state index in [-0.39, 0.29) is 5.91 Å². The summed E-state index contributed by atoms with van der Waals surface area (Å²) in [6, 6.07) is 23.7. The van der Waals surface area contributed by atoms with Crippen molar-refractivity contribution in [1.29, 1.82) is 0 Å². The first-order valence-corrected chi connectivity index (χ1v) is 9.11. The van der Waals surface area contributed by atoms with Gasteiger partial charge in [0, 0.05) is 11.9 Å². The number of hydrogen-bond acceptors (Lipinski definition) is 3. The number of carbonyl (C=O) groups excluding carboxylic acids is 1. The smallest absolute Gasteiger partial charge is 0.259 e. The molecule has 5 nitrogen and oxygen atoms in total. The Morgan fingerprint density at radius 3 is 2.50 bits per heavy atom. The lowest BCUT2D eigenvalue weighted by Crippen LogP contribution is -2.14. The molecular formula is C23H20N4O. The summed E-state index contributed by atoms with van der Waals surface area (Å²) in [5, 5.41) is 7.37. The first-order chi connectivity index (χ1) is 13.7. The van der Waals surface area contributed by atoms with Crippen LogP contribution < -0.4 is 5.32 Å². The zero-order valence-electron chi connectivity index (χ0n) is 15.5. The molecule has 28 heavy (non-hydrogen) atoms. The van der Waals surface area contributed by atoms with Gasteiger partial charge in [-0.25, -0.2) is 9.67 Å². The second-order valence-corrected chi connectivity index (χ2v) is 6.52. The predicted molar refractivity (Wildman–Crippen MR) is 110 cm³/mol. The Balaban J connectivity index is 1.58. The number of nitrogens with one attached hydrogen (secondary N) is 1. The summed E-state index contributed by atoms with van der Waals surface area (Å²) in [7, 11) is 0. The highest BCUT2D eigenvalue weighted by Crippen LogP contribution is 2.21. The van der Waals surface area contributed by atoms with Crippen molar-refractivity contribution in [3.63, 3.8) is 0 Å². The van der Waals surface area contributed by atoms with Gasteiger partial charge < -0.3 is 5.32 Å². The maximum Gasteiger partial charge on any atom is 0.259 e. The number of aromatic nitrogens is 3. The van der Waals surface area contributed by atoms with Crippen molar-refractivity contribution < 1.29 is 4.79 Å². The largest absolute Gasteiger partial charge is 0.322 e. The van der Waals surface area contributed by atoms with E-state index in [1.807, 2.05) is 67.6 Å². The fraction of sp³-hybridized carbons (Fsp3) is 0.0870. The zero-order chi connectivity index (χ0) is 19.3. The lowest BCUT2D eigenvalue weighted by molar-refractivity contribution is 0.102. The number of nitrogens with zero attached hydrogens (tertiary/aromatic N) is 3. The van der Waals surface area contributed by atoms with Crippen molar-refractivity contribution in [2.45, 2.75) is 13.3 Å². The van der Waals surface area contributed by atoms with Crippen LogP contribution in [-0.4, -0.2) is 20.7 Å². The standard InChI is InChI=1S/C23H20N4O/c1-17-20(16-25-27(17)22-13-7-8-14-24-22)23(28)26-21-12-6-5-11-19(21)15-18-9-3-2-4-10-18/h2-14,16H,15H2,1H3,(H,26,28). The summed E-state index contributed by atoms with van der Waals surface area (Å²) in [4.78, 5) is 17.2. The van der Waals surface area contributed by atoms with Crippen molar-refractivity contribution in [1.82, 2.24) is 14.8 Å². The molecular weight excluding hydrogens is 348 g/mol. The fourth-order valence-corrected chi connectivity index (χ4v) is 3.14. The second-order valence-electron chi connectivity index (χ2n) is 6.52. The quantitative estimate of drug-likeness (QED) is 0.567. The van der Waals surface area contributed by atoms with Crippen molar-refractivity contribution in [3.8, 4) is 5.82 Å². The molecule has 2 aromatic carbocycles. The van der Waals surface area contributed by atoms with Gasteiger partial charge in [0.25, 0.3) is 5.91 Å². The topological polar surface area (TPSA) is 59.8 Å². The highest BCUT2D eigenvalue weighted by molar-refractivity contribution is 6.05. The molecule has 4 rings (SSSR count). The van der Waals surface area contributed by atoms with Crippen molar-refractivity contribution in [2.24, 2.45) is 0 Å². The fourth-order valence-electron chi connectivity index (χ4n) is 3.14. The summed E-state index contributed by atoms with van der Waals surface area (Å²) >= 11 is 0. The van der Waals surface area contributed by atoms with Gasteiger partial charge in [0.2, 0.25) is 0 Å². The minimum Gasteiger partial charge on any atom is -0.322 e. The van der Waals surface area contributed by atoms with E-state index >= 15 is 0 Å². The number of amides is 1. The van der Waals surface area contributed by atoms with Crippen LogP contribution in [-0.2, 0) is 6.42 Å². The van der Waals surface area contributed by atoms with Crippen LogP contribution in [0, 0.1) is 6.92 Å². The van der Waals surface area contributed by atoms with E-state index in [0.29, 0.717) is 11.4 Å². The van der Waals surface area contributed by atoms with Gasteiger partial charge in [-0.05, 0) is 42.7 Å². The van der Waals surface area contributed by atoms with E-state index in [2.05, 4.69) is 27.5 Å². The molecule has 5 heteroatoms. The SMILES string of the molecule is Cc1c(C(=O)Nc2ccccc2Cc2ccccc2)cnn1-c1ccccn1. The highest BCUT2D eigenvalue weighted by atomic mass is 16.1. The van der Waals surface area contributed by atoms with Gasteiger partial charge in [0.1, 0.15) is 0 Å². The van der Waals surface area contributed by atoms with Crippen molar-refractivity contribution >= 4 is 11.6 Å². The number of rotatable bonds is 5. The molecule has 1 amide bonds. The van der Waals surface area contributed by atoms with Gasteiger partial charge >= 0.3 is 0 Å². The van der Waals surface area contributed by atoms with Crippen LogP contribution in [0.1, 0.15) is 27.2 Å². The van der Waals surface area contributed by atoms with Crippen molar-refractivity contribution in [3.05, 3.63) is 108 Å². The molecule has 0 saturated heterocycles. The molecule has 0 aliphatic rings. The third kappa shape index (κ3) is 3.69. The van der Waals surface area contributed by atoms with Gasteiger partial charge in [-0.1, -0.05) is 54.6 Å². The van der Waals surface area contributed by atoms with Crippen LogP contribution >= 0.6 is 0 Å².